The van der Waals surface area contributed by atoms with Crippen molar-refractivity contribution in [1.82, 2.24) is 0 Å². The Labute approximate surface area is 253 Å². The van der Waals surface area contributed by atoms with Gasteiger partial charge in [0.1, 0.15) is 23.0 Å². The van der Waals surface area contributed by atoms with Crippen molar-refractivity contribution in [3.63, 3.8) is 0 Å². The number of hydrogen-bond donors (Lipinski definition) is 0. The fourth-order valence-corrected chi connectivity index (χ4v) is 7.14. The summed E-state index contributed by atoms with van der Waals surface area (Å²) in [5.41, 5.74) is 2.91. The van der Waals surface area contributed by atoms with Gasteiger partial charge in [-0.2, -0.15) is 0 Å². The Balaban J connectivity index is 1.30. The summed E-state index contributed by atoms with van der Waals surface area (Å²) in [6, 6.07) is 31.9. The molecule has 0 saturated heterocycles. The molecular weight excluding hydrogens is 585 g/mol. The third kappa shape index (κ3) is 4.70. The third-order valence-electron chi connectivity index (χ3n) is 7.36. The van der Waals surface area contributed by atoms with E-state index < -0.39 is 33.7 Å². The monoisotopic (exact) mass is 608 g/mol. The van der Waals surface area contributed by atoms with Gasteiger partial charge in [-0.1, -0.05) is 42.5 Å². The van der Waals surface area contributed by atoms with Gasteiger partial charge in [0.15, 0.2) is 5.60 Å². The van der Waals surface area contributed by atoms with E-state index in [-0.39, 0.29) is 0 Å². The number of carbonyl (C=O) groups is 1. The molecule has 5 aromatic carbocycles. The van der Waals surface area contributed by atoms with Crippen LogP contribution in [-0.2, 0) is 32.5 Å². The topological polar surface area (TPSA) is 88.1 Å². The predicted molar refractivity (Wildman–Crippen MR) is 161 cm³/mol. The van der Waals surface area contributed by atoms with E-state index in [9.17, 15) is 13.2 Å². The molecule has 0 aliphatic carbocycles. The van der Waals surface area contributed by atoms with E-state index in [1.165, 1.54) is 0 Å². The first kappa shape index (κ1) is 27.1. The Morgan fingerprint density at radius 3 is 1.67 bits per heavy atom. The lowest BCUT2D eigenvalue weighted by Crippen LogP contribution is -2.33. The fourth-order valence-electron chi connectivity index (χ4n) is 5.45. The normalized spacial score (nSPS) is 17.6. The summed E-state index contributed by atoms with van der Waals surface area (Å²) in [6.45, 7) is 3.83. The van der Waals surface area contributed by atoms with Crippen LogP contribution in [0.2, 0.25) is 0 Å². The number of benzene rings is 5. The van der Waals surface area contributed by atoms with Gasteiger partial charge in [0.05, 0.1) is 15.4 Å². The second-order valence-corrected chi connectivity index (χ2v) is 12.5. The van der Waals surface area contributed by atoms with Crippen LogP contribution in [0.25, 0.3) is 0 Å². The molecule has 7 nitrogen and oxygen atoms in total. The summed E-state index contributed by atoms with van der Waals surface area (Å²) < 4.78 is 50.2. The van der Waals surface area contributed by atoms with Gasteiger partial charge in [0.25, 0.3) is 0 Å². The van der Waals surface area contributed by atoms with Crippen molar-refractivity contribution in [1.29, 1.82) is 0 Å². The molecule has 0 bridgehead atoms. The zero-order valence-electron chi connectivity index (χ0n) is 23.1. The Morgan fingerprint density at radius 2 is 1.14 bits per heavy atom. The molecule has 1 spiro atoms. The van der Waals surface area contributed by atoms with Crippen molar-refractivity contribution in [2.45, 2.75) is 29.2 Å². The molecule has 2 heterocycles. The molecule has 0 aromatic heterocycles. The molecule has 0 fully saturated rings. The molecule has 2 aliphatic heterocycles. The summed E-state index contributed by atoms with van der Waals surface area (Å²) in [5.74, 6) is 0.863. The van der Waals surface area contributed by atoms with Crippen molar-refractivity contribution in [2.75, 3.05) is 0 Å². The van der Waals surface area contributed by atoms with Crippen molar-refractivity contribution < 1.29 is 31.1 Å². The van der Waals surface area contributed by atoms with Crippen LogP contribution in [0.15, 0.2) is 119 Å². The number of fused-ring (bicyclic) bond motifs is 6. The lowest BCUT2D eigenvalue weighted by atomic mass is 9.77. The number of carbonyl (C=O) groups excluding carboxylic acids is 1. The molecule has 0 radical (unpaired) electrons. The molecule has 7 rings (SSSR count). The Kier molecular flexibility index (Phi) is 6.64. The molecular formula is C34H24O7S2. The molecule has 2 aliphatic rings. The Morgan fingerprint density at radius 1 is 0.605 bits per heavy atom. The Bertz CT molecular complexity index is 1880. The average Bonchev–Trinajstić information content (AvgIpc) is 3.29. The zero-order chi connectivity index (χ0) is 29.7. The number of ether oxygens (including phenoxy) is 2. The molecule has 43 heavy (non-hydrogen) atoms. The van der Waals surface area contributed by atoms with Crippen LogP contribution in [0.4, 0.5) is 0 Å². The van der Waals surface area contributed by atoms with Crippen LogP contribution in [0, 0.1) is 13.8 Å². The molecule has 0 N–H and O–H groups in total. The summed E-state index contributed by atoms with van der Waals surface area (Å²) in [5, 5.41) is 0. The minimum Gasteiger partial charge on any atom is -0.456 e. The van der Waals surface area contributed by atoms with Crippen molar-refractivity contribution in [2.24, 2.45) is 0 Å². The lowest BCUT2D eigenvalue weighted by Gasteiger charge is -2.36. The van der Waals surface area contributed by atoms with Crippen molar-refractivity contribution >= 4 is 28.1 Å². The smallest absolute Gasteiger partial charge is 0.340 e. The van der Waals surface area contributed by atoms with Gasteiger partial charge >= 0.3 is 5.97 Å². The first-order valence-corrected chi connectivity index (χ1v) is 15.6. The first-order chi connectivity index (χ1) is 20.8. The predicted octanol–water partition coefficient (Wildman–Crippen LogP) is 7.07. The van der Waals surface area contributed by atoms with Crippen LogP contribution < -0.4 is 13.1 Å². The molecule has 214 valence electrons. The molecule has 9 heteroatoms. The maximum Gasteiger partial charge on any atom is 0.340 e. The number of esters is 1. The van der Waals surface area contributed by atoms with Crippen molar-refractivity contribution in [3.05, 3.63) is 143 Å². The van der Waals surface area contributed by atoms with Gasteiger partial charge in [-0.05, 0) is 79.6 Å². The second-order valence-electron chi connectivity index (χ2n) is 10.3. The van der Waals surface area contributed by atoms with Gasteiger partial charge in [0, 0.05) is 28.8 Å². The van der Waals surface area contributed by atoms with Crippen LogP contribution in [0.5, 0.6) is 23.0 Å². The fraction of sp³-hybridized carbons (Fsp3) is 0.0882. The maximum atomic E-state index is 13.2. The summed E-state index contributed by atoms with van der Waals surface area (Å²) in [6.07, 6.45) is 0. The van der Waals surface area contributed by atoms with Gasteiger partial charge < -0.3 is 17.8 Å². The van der Waals surface area contributed by atoms with Gasteiger partial charge in [0.2, 0.25) is 22.2 Å². The van der Waals surface area contributed by atoms with Crippen LogP contribution >= 0.6 is 0 Å². The largest absolute Gasteiger partial charge is 0.456 e. The minimum atomic E-state index is -1.77. The highest BCUT2D eigenvalue weighted by Crippen LogP contribution is 2.57. The third-order valence-corrected chi connectivity index (χ3v) is 9.33. The van der Waals surface area contributed by atoms with Crippen LogP contribution in [0.1, 0.15) is 38.2 Å². The van der Waals surface area contributed by atoms with E-state index in [1.54, 1.807) is 72.8 Å². The van der Waals surface area contributed by atoms with Gasteiger partial charge in [-0.3, -0.25) is 0 Å². The highest BCUT2D eigenvalue weighted by atomic mass is 32.2. The van der Waals surface area contributed by atoms with Crippen LogP contribution in [-0.4, -0.2) is 14.4 Å². The van der Waals surface area contributed by atoms with Gasteiger partial charge in [-0.15, -0.1) is 0 Å². The standard InChI is InChI=1S/C34H24O7S2/c1-21-7-5-9-25(17-21)42(36)40-23-13-15-29-31(19-23)38-32-20-24(41-43(37)26-10-6-8-22(2)18-26)14-16-30(32)34(29)28-12-4-3-11-27(28)33(35)39-34/h3-20H,1-2H3. The van der Waals surface area contributed by atoms with Crippen LogP contribution in [0.3, 0.4) is 0 Å². The maximum absolute atomic E-state index is 13.2. The molecule has 2 atom stereocenters. The van der Waals surface area contributed by atoms with E-state index in [4.69, 9.17) is 17.8 Å². The lowest BCUT2D eigenvalue weighted by molar-refractivity contribution is 0.0224. The second kappa shape index (κ2) is 10.5. The van der Waals surface area contributed by atoms with E-state index in [2.05, 4.69) is 0 Å². The minimum absolute atomic E-state index is 0.308. The van der Waals surface area contributed by atoms with E-state index in [0.29, 0.717) is 55.0 Å². The number of hydrogen-bond acceptors (Lipinski definition) is 7. The van der Waals surface area contributed by atoms with E-state index in [0.717, 1.165) is 11.1 Å². The molecule has 5 aromatic rings. The summed E-state index contributed by atoms with van der Waals surface area (Å²) >= 11 is -3.54. The number of rotatable bonds is 6. The summed E-state index contributed by atoms with van der Waals surface area (Å²) in [4.78, 5) is 14.2. The average molecular weight is 609 g/mol. The Hall–Kier alpha value is -4.73. The molecule has 0 saturated carbocycles. The SMILES string of the molecule is Cc1cccc(S(=O)Oc2ccc3c(c2)Oc2cc(OS(=O)c4cccc(C)c4)ccc2C32OC(=O)c3ccccc32)c1. The highest BCUT2D eigenvalue weighted by molar-refractivity contribution is 7.80. The summed E-state index contributed by atoms with van der Waals surface area (Å²) in [7, 11) is 0. The quantitative estimate of drug-likeness (QED) is 0.191. The zero-order valence-corrected chi connectivity index (χ0v) is 24.7. The highest BCUT2D eigenvalue weighted by Gasteiger charge is 2.53. The van der Waals surface area contributed by atoms with Crippen molar-refractivity contribution in [3.8, 4) is 23.0 Å². The first-order valence-electron chi connectivity index (χ1n) is 13.4. The van der Waals surface area contributed by atoms with E-state index in [1.807, 2.05) is 50.2 Å². The van der Waals surface area contributed by atoms with E-state index >= 15 is 0 Å². The number of aryl methyl sites for hydroxylation is 2. The molecule has 2 unspecified atom stereocenters. The molecule has 0 amide bonds. The van der Waals surface area contributed by atoms with Gasteiger partial charge in [-0.25, -0.2) is 13.2 Å².